The normalized spacial score (nSPS) is 17.5. The molecule has 0 saturated heterocycles. The van der Waals surface area contributed by atoms with Gasteiger partial charge in [-0.3, -0.25) is 0 Å². The molecular formula is C8H15BrO2. The predicted molar refractivity (Wildman–Crippen MR) is 49.1 cm³/mol. The number of carbonyl (C=O) groups is 1. The maximum atomic E-state index is 10.4. The monoisotopic (exact) mass is 222 g/mol. The summed E-state index contributed by atoms with van der Waals surface area (Å²) in [7, 11) is 0. The average Bonchev–Trinajstić information content (AvgIpc) is 1.83. The molecule has 0 aromatic rings. The van der Waals surface area contributed by atoms with Crippen molar-refractivity contribution < 1.29 is 9.53 Å². The molecule has 0 radical (unpaired) electrons. The number of ether oxygens (including phenoxy) is 1. The number of halogens is 1. The van der Waals surface area contributed by atoms with E-state index in [-0.39, 0.29) is 5.60 Å². The van der Waals surface area contributed by atoms with Crippen molar-refractivity contribution in [2.75, 3.05) is 6.61 Å². The Morgan fingerprint density at radius 3 is 2.09 bits per heavy atom. The van der Waals surface area contributed by atoms with Gasteiger partial charge in [0.25, 0.3) is 0 Å². The predicted octanol–water partition coefficient (Wildman–Crippen LogP) is 2.15. The number of rotatable bonds is 3. The van der Waals surface area contributed by atoms with Crippen LogP contribution in [0.3, 0.4) is 0 Å². The SMILES string of the molecule is CC(Br)(C=O)COC(C)(C)C. The number of aldehydes is 1. The van der Waals surface area contributed by atoms with Crippen LogP contribution in [0.15, 0.2) is 0 Å². The van der Waals surface area contributed by atoms with E-state index in [0.29, 0.717) is 6.61 Å². The van der Waals surface area contributed by atoms with E-state index in [9.17, 15) is 4.79 Å². The topological polar surface area (TPSA) is 26.3 Å². The highest BCUT2D eigenvalue weighted by atomic mass is 79.9. The third kappa shape index (κ3) is 6.51. The molecule has 0 heterocycles. The Hall–Kier alpha value is 0.110. The Balaban J connectivity index is 3.79. The van der Waals surface area contributed by atoms with E-state index in [1.54, 1.807) is 6.92 Å². The maximum Gasteiger partial charge on any atom is 0.138 e. The summed E-state index contributed by atoms with van der Waals surface area (Å²) in [4.78, 5) is 10.4. The number of hydrogen-bond donors (Lipinski definition) is 0. The third-order valence-electron chi connectivity index (χ3n) is 1.03. The summed E-state index contributed by atoms with van der Waals surface area (Å²) in [6.45, 7) is 8.06. The average molecular weight is 223 g/mol. The van der Waals surface area contributed by atoms with Gasteiger partial charge in [-0.2, -0.15) is 0 Å². The molecule has 0 saturated carbocycles. The fourth-order valence-corrected chi connectivity index (χ4v) is 0.506. The zero-order valence-corrected chi connectivity index (χ0v) is 9.06. The lowest BCUT2D eigenvalue weighted by Gasteiger charge is -2.24. The van der Waals surface area contributed by atoms with Crippen molar-refractivity contribution in [2.24, 2.45) is 0 Å². The summed E-state index contributed by atoms with van der Waals surface area (Å²) >= 11 is 3.24. The molecule has 66 valence electrons. The van der Waals surface area contributed by atoms with Crippen LogP contribution in [0, 0.1) is 0 Å². The molecule has 0 aliphatic carbocycles. The molecule has 1 unspecified atom stereocenters. The van der Waals surface area contributed by atoms with E-state index < -0.39 is 4.32 Å². The fourth-order valence-electron chi connectivity index (χ4n) is 0.392. The van der Waals surface area contributed by atoms with Gasteiger partial charge in [-0.15, -0.1) is 0 Å². The van der Waals surface area contributed by atoms with Crippen LogP contribution in [0.25, 0.3) is 0 Å². The highest BCUT2D eigenvalue weighted by Crippen LogP contribution is 2.18. The van der Waals surface area contributed by atoms with Crippen molar-refractivity contribution in [1.82, 2.24) is 0 Å². The molecule has 0 spiro atoms. The number of hydrogen-bond acceptors (Lipinski definition) is 2. The molecule has 0 aromatic heterocycles. The molecular weight excluding hydrogens is 208 g/mol. The fraction of sp³-hybridized carbons (Fsp3) is 0.875. The van der Waals surface area contributed by atoms with E-state index in [2.05, 4.69) is 15.9 Å². The Bertz CT molecular complexity index is 136. The van der Waals surface area contributed by atoms with E-state index in [0.717, 1.165) is 6.29 Å². The van der Waals surface area contributed by atoms with Crippen LogP contribution in [-0.2, 0) is 9.53 Å². The van der Waals surface area contributed by atoms with Crippen molar-refractivity contribution >= 4 is 22.2 Å². The van der Waals surface area contributed by atoms with E-state index >= 15 is 0 Å². The zero-order chi connectivity index (χ0) is 9.12. The quantitative estimate of drug-likeness (QED) is 0.541. The van der Waals surface area contributed by atoms with Gasteiger partial charge >= 0.3 is 0 Å². The minimum atomic E-state index is -0.541. The Kier molecular flexibility index (Phi) is 3.71. The van der Waals surface area contributed by atoms with Crippen molar-refractivity contribution in [3.8, 4) is 0 Å². The lowest BCUT2D eigenvalue weighted by atomic mass is 10.1. The van der Waals surface area contributed by atoms with Gasteiger partial charge in [-0.05, 0) is 27.7 Å². The van der Waals surface area contributed by atoms with Gasteiger partial charge in [0, 0.05) is 0 Å². The summed E-state index contributed by atoms with van der Waals surface area (Å²) < 4.78 is 4.87. The molecule has 3 heteroatoms. The first kappa shape index (κ1) is 11.1. The smallest absolute Gasteiger partial charge is 0.138 e. The second kappa shape index (κ2) is 3.68. The second-order valence-corrected chi connectivity index (χ2v) is 5.61. The Labute approximate surface area is 76.4 Å². The van der Waals surface area contributed by atoms with Crippen LogP contribution in [-0.4, -0.2) is 22.8 Å². The van der Waals surface area contributed by atoms with Gasteiger partial charge < -0.3 is 9.53 Å². The minimum absolute atomic E-state index is 0.183. The molecule has 11 heavy (non-hydrogen) atoms. The van der Waals surface area contributed by atoms with Gasteiger partial charge in [-0.1, -0.05) is 15.9 Å². The van der Waals surface area contributed by atoms with E-state index in [1.807, 2.05) is 20.8 Å². The molecule has 0 N–H and O–H groups in total. The van der Waals surface area contributed by atoms with Gasteiger partial charge in [0.1, 0.15) is 10.6 Å². The van der Waals surface area contributed by atoms with Crippen molar-refractivity contribution in [2.45, 2.75) is 37.6 Å². The van der Waals surface area contributed by atoms with Gasteiger partial charge in [0.05, 0.1) is 12.2 Å². The maximum absolute atomic E-state index is 10.4. The van der Waals surface area contributed by atoms with Crippen LogP contribution in [0.1, 0.15) is 27.7 Å². The molecule has 1 atom stereocenters. The zero-order valence-electron chi connectivity index (χ0n) is 7.48. The van der Waals surface area contributed by atoms with Gasteiger partial charge in [0.15, 0.2) is 0 Å². The summed E-state index contributed by atoms with van der Waals surface area (Å²) in [6, 6.07) is 0. The lowest BCUT2D eigenvalue weighted by Crippen LogP contribution is -2.31. The van der Waals surface area contributed by atoms with Gasteiger partial charge in [-0.25, -0.2) is 0 Å². The first-order chi connectivity index (χ1) is 4.77. The van der Waals surface area contributed by atoms with Crippen molar-refractivity contribution in [3.63, 3.8) is 0 Å². The van der Waals surface area contributed by atoms with E-state index in [4.69, 9.17) is 4.74 Å². The Morgan fingerprint density at radius 1 is 1.36 bits per heavy atom. The standard InChI is InChI=1S/C8H15BrO2/c1-7(2,3)11-6-8(4,9)5-10/h5H,6H2,1-4H3. The van der Waals surface area contributed by atoms with Crippen LogP contribution in [0.4, 0.5) is 0 Å². The summed E-state index contributed by atoms with van der Waals surface area (Å²) in [5.74, 6) is 0. The summed E-state index contributed by atoms with van der Waals surface area (Å²) in [5, 5.41) is 0. The van der Waals surface area contributed by atoms with Crippen molar-refractivity contribution in [1.29, 1.82) is 0 Å². The van der Waals surface area contributed by atoms with Crippen LogP contribution >= 0.6 is 15.9 Å². The van der Waals surface area contributed by atoms with Crippen LogP contribution in [0.5, 0.6) is 0 Å². The molecule has 0 rings (SSSR count). The minimum Gasteiger partial charge on any atom is -0.374 e. The first-order valence-electron chi connectivity index (χ1n) is 3.56. The molecule has 0 amide bonds. The lowest BCUT2D eigenvalue weighted by molar-refractivity contribution is -0.112. The molecule has 0 aliphatic rings. The third-order valence-corrected chi connectivity index (χ3v) is 1.45. The second-order valence-electron chi connectivity index (χ2n) is 3.80. The summed E-state index contributed by atoms with van der Waals surface area (Å²) in [5.41, 5.74) is -0.183. The van der Waals surface area contributed by atoms with E-state index in [1.165, 1.54) is 0 Å². The van der Waals surface area contributed by atoms with Crippen molar-refractivity contribution in [3.05, 3.63) is 0 Å². The molecule has 2 nitrogen and oxygen atoms in total. The largest absolute Gasteiger partial charge is 0.374 e. The molecule has 0 aliphatic heterocycles. The summed E-state index contributed by atoms with van der Waals surface area (Å²) in [6.07, 6.45) is 0.846. The highest BCUT2D eigenvalue weighted by Gasteiger charge is 2.22. The molecule has 0 bridgehead atoms. The first-order valence-corrected chi connectivity index (χ1v) is 4.35. The number of carbonyl (C=O) groups excluding carboxylic acids is 1. The molecule has 0 aromatic carbocycles. The number of alkyl halides is 1. The van der Waals surface area contributed by atoms with Crippen LogP contribution in [0.2, 0.25) is 0 Å². The van der Waals surface area contributed by atoms with Gasteiger partial charge in [0.2, 0.25) is 0 Å². The molecule has 0 fully saturated rings. The highest BCUT2D eigenvalue weighted by molar-refractivity contribution is 9.10. The van der Waals surface area contributed by atoms with Crippen LogP contribution < -0.4 is 0 Å². The Morgan fingerprint density at radius 2 is 1.82 bits per heavy atom.